The van der Waals surface area contributed by atoms with Gasteiger partial charge in [-0.15, -0.1) is 0 Å². The van der Waals surface area contributed by atoms with Gasteiger partial charge in [0.25, 0.3) is 0 Å². The summed E-state index contributed by atoms with van der Waals surface area (Å²) in [6, 6.07) is 11.6. The number of rotatable bonds is 5. The van der Waals surface area contributed by atoms with Gasteiger partial charge >= 0.3 is 11.9 Å². The number of aromatic nitrogens is 2. The van der Waals surface area contributed by atoms with Crippen molar-refractivity contribution in [1.29, 1.82) is 0 Å². The van der Waals surface area contributed by atoms with Gasteiger partial charge < -0.3 is 10.3 Å². The van der Waals surface area contributed by atoms with Crippen LogP contribution in [0.1, 0.15) is 23.2 Å². The lowest BCUT2D eigenvalue weighted by molar-refractivity contribution is -0.137. The number of carbonyl (C=O) groups is 1. The average Bonchev–Trinajstić information content (AvgIpc) is 2.98. The highest BCUT2D eigenvalue weighted by molar-refractivity contribution is 5.91. The van der Waals surface area contributed by atoms with Crippen LogP contribution < -0.4 is 11.0 Å². The fourth-order valence-corrected chi connectivity index (χ4v) is 2.84. The topological polar surface area (TPSA) is 66.9 Å². The largest absolute Gasteiger partial charge is 0.416 e. The summed E-state index contributed by atoms with van der Waals surface area (Å²) in [6.45, 7) is 1.78. The van der Waals surface area contributed by atoms with Crippen molar-refractivity contribution in [1.82, 2.24) is 9.55 Å². The van der Waals surface area contributed by atoms with Crippen LogP contribution in [0.25, 0.3) is 5.69 Å². The van der Waals surface area contributed by atoms with Gasteiger partial charge in [0.2, 0.25) is 5.91 Å². The van der Waals surface area contributed by atoms with Crippen molar-refractivity contribution in [2.75, 3.05) is 5.32 Å². The monoisotopic (exact) mass is 389 g/mol. The van der Waals surface area contributed by atoms with Gasteiger partial charge in [-0.05, 0) is 49.2 Å². The van der Waals surface area contributed by atoms with E-state index in [1.54, 1.807) is 37.4 Å². The van der Waals surface area contributed by atoms with E-state index >= 15 is 0 Å². The highest BCUT2D eigenvalue weighted by atomic mass is 19.4. The molecule has 146 valence electrons. The van der Waals surface area contributed by atoms with Gasteiger partial charge in [-0.25, -0.2) is 4.79 Å². The molecule has 0 atom stereocenters. The van der Waals surface area contributed by atoms with Gasteiger partial charge in [-0.1, -0.05) is 18.2 Å². The maximum Gasteiger partial charge on any atom is 0.416 e. The molecule has 0 saturated carbocycles. The summed E-state index contributed by atoms with van der Waals surface area (Å²) in [5.41, 5.74) is 1.53. The molecule has 0 radical (unpaired) electrons. The van der Waals surface area contributed by atoms with E-state index < -0.39 is 11.7 Å². The summed E-state index contributed by atoms with van der Waals surface area (Å²) in [7, 11) is 0. The molecule has 3 rings (SSSR count). The van der Waals surface area contributed by atoms with Gasteiger partial charge in [-0.2, -0.15) is 13.2 Å². The zero-order valence-electron chi connectivity index (χ0n) is 15.0. The number of carbonyl (C=O) groups excluding carboxylic acids is 1. The first-order valence-electron chi connectivity index (χ1n) is 8.57. The molecule has 0 aliphatic carbocycles. The second kappa shape index (κ2) is 7.75. The Morgan fingerprint density at radius 2 is 1.86 bits per heavy atom. The molecule has 0 aliphatic heterocycles. The first-order chi connectivity index (χ1) is 13.2. The number of aryl methyl sites for hydroxylation is 2. The zero-order chi connectivity index (χ0) is 20.3. The van der Waals surface area contributed by atoms with Gasteiger partial charge in [0, 0.05) is 24.0 Å². The molecule has 28 heavy (non-hydrogen) atoms. The first-order valence-corrected chi connectivity index (χ1v) is 8.57. The number of aromatic amines is 1. The fourth-order valence-electron chi connectivity index (χ4n) is 2.84. The number of imidazole rings is 1. The Labute approximate surface area is 158 Å². The van der Waals surface area contributed by atoms with Crippen molar-refractivity contribution in [2.24, 2.45) is 0 Å². The number of H-pyrrole nitrogens is 1. The third-order valence-corrected chi connectivity index (χ3v) is 4.27. The highest BCUT2D eigenvalue weighted by Gasteiger charge is 2.29. The molecule has 0 saturated heterocycles. The summed E-state index contributed by atoms with van der Waals surface area (Å²) >= 11 is 0. The number of benzene rings is 2. The predicted octanol–water partition coefficient (Wildman–Crippen LogP) is 4.06. The third kappa shape index (κ3) is 4.51. The van der Waals surface area contributed by atoms with Crippen LogP contribution in [-0.2, 0) is 17.4 Å². The minimum atomic E-state index is -4.37. The number of hydrogen-bond donors (Lipinski definition) is 2. The van der Waals surface area contributed by atoms with Crippen molar-refractivity contribution in [3.63, 3.8) is 0 Å². The van der Waals surface area contributed by atoms with E-state index in [1.807, 2.05) is 0 Å². The SMILES string of the molecule is Cc1c[nH]c(=O)n1-c1cccc(NC(=O)CCc2ccc(C(F)(F)F)cc2)c1. The summed E-state index contributed by atoms with van der Waals surface area (Å²) in [6.07, 6.45) is -2.34. The molecular formula is C20H18F3N3O2. The normalized spacial score (nSPS) is 11.4. The first kappa shape index (κ1) is 19.5. The van der Waals surface area contributed by atoms with Crippen LogP contribution in [0.2, 0.25) is 0 Å². The van der Waals surface area contributed by atoms with Crippen LogP contribution in [0.4, 0.5) is 18.9 Å². The molecule has 1 heterocycles. The Kier molecular flexibility index (Phi) is 5.39. The molecule has 5 nitrogen and oxygen atoms in total. The van der Waals surface area contributed by atoms with E-state index in [0.29, 0.717) is 23.4 Å². The standard InChI is InChI=1S/C20H18F3N3O2/c1-13-12-24-19(28)26(13)17-4-2-3-16(11-17)25-18(27)10-7-14-5-8-15(9-6-14)20(21,22)23/h2-6,8-9,11-12H,7,10H2,1H3,(H,24,28)(H,25,27). The lowest BCUT2D eigenvalue weighted by Gasteiger charge is -2.10. The van der Waals surface area contributed by atoms with Crippen LogP contribution in [0.15, 0.2) is 59.5 Å². The lowest BCUT2D eigenvalue weighted by atomic mass is 10.1. The summed E-state index contributed by atoms with van der Waals surface area (Å²) in [4.78, 5) is 26.6. The quantitative estimate of drug-likeness (QED) is 0.691. The maximum atomic E-state index is 12.6. The molecule has 2 N–H and O–H groups in total. The van der Waals surface area contributed by atoms with E-state index in [1.165, 1.54) is 16.7 Å². The summed E-state index contributed by atoms with van der Waals surface area (Å²) < 4.78 is 39.2. The molecular weight excluding hydrogens is 371 g/mol. The highest BCUT2D eigenvalue weighted by Crippen LogP contribution is 2.29. The van der Waals surface area contributed by atoms with Gasteiger partial charge in [0.1, 0.15) is 0 Å². The van der Waals surface area contributed by atoms with Crippen LogP contribution >= 0.6 is 0 Å². The Morgan fingerprint density at radius 3 is 2.46 bits per heavy atom. The van der Waals surface area contributed by atoms with Crippen molar-refractivity contribution in [2.45, 2.75) is 25.9 Å². The molecule has 0 aliphatic rings. The Morgan fingerprint density at radius 1 is 1.14 bits per heavy atom. The second-order valence-electron chi connectivity index (χ2n) is 6.36. The number of amides is 1. The number of nitrogens with one attached hydrogen (secondary N) is 2. The van der Waals surface area contributed by atoms with Crippen LogP contribution in [0.5, 0.6) is 0 Å². The van der Waals surface area contributed by atoms with Crippen LogP contribution in [-0.4, -0.2) is 15.5 Å². The van der Waals surface area contributed by atoms with Crippen molar-refractivity contribution < 1.29 is 18.0 Å². The summed E-state index contributed by atoms with van der Waals surface area (Å²) in [5, 5.41) is 2.74. The van der Waals surface area contributed by atoms with Crippen molar-refractivity contribution in [3.8, 4) is 5.69 Å². The number of anilines is 1. The molecule has 2 aromatic carbocycles. The smallest absolute Gasteiger partial charge is 0.326 e. The second-order valence-corrected chi connectivity index (χ2v) is 6.36. The van der Waals surface area contributed by atoms with E-state index in [0.717, 1.165) is 17.8 Å². The van der Waals surface area contributed by atoms with Gasteiger partial charge in [-0.3, -0.25) is 9.36 Å². The molecule has 3 aromatic rings. The minimum Gasteiger partial charge on any atom is -0.326 e. The maximum absolute atomic E-state index is 12.6. The Hall–Kier alpha value is -3.29. The number of alkyl halides is 3. The van der Waals surface area contributed by atoms with Crippen LogP contribution in [0.3, 0.4) is 0 Å². The lowest BCUT2D eigenvalue weighted by Crippen LogP contribution is -2.17. The van der Waals surface area contributed by atoms with E-state index in [4.69, 9.17) is 0 Å². The van der Waals surface area contributed by atoms with Gasteiger partial charge in [0.05, 0.1) is 11.3 Å². The Bertz CT molecular complexity index is 1030. The van der Waals surface area contributed by atoms with E-state index in [-0.39, 0.29) is 18.0 Å². The molecule has 0 unspecified atom stereocenters. The number of hydrogen-bond acceptors (Lipinski definition) is 2. The van der Waals surface area contributed by atoms with Crippen molar-refractivity contribution >= 4 is 11.6 Å². The summed E-state index contributed by atoms with van der Waals surface area (Å²) in [5.74, 6) is -0.268. The predicted molar refractivity (Wildman–Crippen MR) is 99.5 cm³/mol. The molecule has 1 aromatic heterocycles. The average molecular weight is 389 g/mol. The molecule has 1 amide bonds. The fraction of sp³-hybridized carbons (Fsp3) is 0.200. The van der Waals surface area contributed by atoms with E-state index in [2.05, 4.69) is 10.3 Å². The molecule has 0 spiro atoms. The third-order valence-electron chi connectivity index (χ3n) is 4.27. The molecule has 0 fully saturated rings. The van der Waals surface area contributed by atoms with E-state index in [9.17, 15) is 22.8 Å². The van der Waals surface area contributed by atoms with Gasteiger partial charge in [0.15, 0.2) is 0 Å². The molecule has 0 bridgehead atoms. The number of nitrogens with zero attached hydrogens (tertiary/aromatic N) is 1. The van der Waals surface area contributed by atoms with Crippen molar-refractivity contribution in [3.05, 3.63) is 82.0 Å². The number of halogens is 3. The zero-order valence-corrected chi connectivity index (χ0v) is 15.0. The molecule has 8 heteroatoms. The minimum absolute atomic E-state index is 0.124. The Balaban J connectivity index is 1.63. The van der Waals surface area contributed by atoms with Crippen LogP contribution in [0, 0.1) is 6.92 Å².